The van der Waals surface area contributed by atoms with E-state index < -0.39 is 0 Å². The molecular formula is C21H24O3. The first-order valence-corrected chi connectivity index (χ1v) is 8.44. The second kappa shape index (κ2) is 8.44. The van der Waals surface area contributed by atoms with Gasteiger partial charge in [0.15, 0.2) is 5.78 Å². The molecule has 0 fully saturated rings. The Morgan fingerprint density at radius 2 is 1.58 bits per heavy atom. The summed E-state index contributed by atoms with van der Waals surface area (Å²) in [5, 5.41) is 1.93. The van der Waals surface area contributed by atoms with Gasteiger partial charge in [-0.05, 0) is 41.8 Å². The quantitative estimate of drug-likeness (QED) is 0.291. The van der Waals surface area contributed by atoms with E-state index in [0.29, 0.717) is 17.7 Å². The third kappa shape index (κ3) is 4.54. The van der Waals surface area contributed by atoms with Crippen LogP contribution in [0.3, 0.4) is 0 Å². The first kappa shape index (κ1) is 17.9. The van der Waals surface area contributed by atoms with Gasteiger partial charge in [-0.25, -0.2) is 4.79 Å². The van der Waals surface area contributed by atoms with E-state index in [0.717, 1.165) is 42.0 Å². The van der Waals surface area contributed by atoms with Crippen LogP contribution in [-0.2, 0) is 9.53 Å². The van der Waals surface area contributed by atoms with Gasteiger partial charge in [0, 0.05) is 5.56 Å². The Morgan fingerprint density at radius 3 is 2.21 bits per heavy atom. The Labute approximate surface area is 143 Å². The molecular weight excluding hydrogens is 300 g/mol. The minimum absolute atomic E-state index is 0.0389. The SMILES string of the molecule is C=C(C(=O)OCCCCCC)c1ccc2cc(C(C)=O)ccc2c1. The summed E-state index contributed by atoms with van der Waals surface area (Å²) in [6.45, 7) is 8.00. The van der Waals surface area contributed by atoms with Crippen LogP contribution in [0.1, 0.15) is 55.5 Å². The highest BCUT2D eigenvalue weighted by molar-refractivity contribution is 6.16. The van der Waals surface area contributed by atoms with Crippen molar-refractivity contribution in [1.82, 2.24) is 0 Å². The molecule has 0 unspecified atom stereocenters. The molecule has 0 saturated heterocycles. The van der Waals surface area contributed by atoms with Crippen LogP contribution in [0.4, 0.5) is 0 Å². The Kier molecular flexibility index (Phi) is 6.30. The lowest BCUT2D eigenvalue weighted by molar-refractivity contribution is -0.136. The van der Waals surface area contributed by atoms with Gasteiger partial charge >= 0.3 is 5.97 Å². The molecule has 2 aromatic carbocycles. The van der Waals surface area contributed by atoms with Crippen molar-refractivity contribution < 1.29 is 14.3 Å². The van der Waals surface area contributed by atoms with E-state index in [-0.39, 0.29) is 11.8 Å². The van der Waals surface area contributed by atoms with E-state index in [1.807, 2.05) is 30.3 Å². The van der Waals surface area contributed by atoms with Gasteiger partial charge in [0.2, 0.25) is 0 Å². The van der Waals surface area contributed by atoms with Gasteiger partial charge in [0.25, 0.3) is 0 Å². The number of ketones is 1. The number of hydrogen-bond donors (Lipinski definition) is 0. The van der Waals surface area contributed by atoms with Gasteiger partial charge in [-0.1, -0.05) is 57.0 Å². The number of fused-ring (bicyclic) bond motifs is 1. The highest BCUT2D eigenvalue weighted by Gasteiger charge is 2.12. The summed E-state index contributed by atoms with van der Waals surface area (Å²) < 4.78 is 5.28. The number of unbranched alkanes of at least 4 members (excludes halogenated alkanes) is 3. The third-order valence-corrected chi connectivity index (χ3v) is 4.07. The van der Waals surface area contributed by atoms with Gasteiger partial charge in [-0.3, -0.25) is 4.79 Å². The van der Waals surface area contributed by atoms with Crippen LogP contribution in [0.5, 0.6) is 0 Å². The lowest BCUT2D eigenvalue weighted by Gasteiger charge is -2.09. The minimum atomic E-state index is -0.369. The van der Waals surface area contributed by atoms with Crippen LogP contribution < -0.4 is 0 Å². The molecule has 24 heavy (non-hydrogen) atoms. The monoisotopic (exact) mass is 324 g/mol. The van der Waals surface area contributed by atoms with Crippen molar-refractivity contribution in [1.29, 1.82) is 0 Å². The third-order valence-electron chi connectivity index (χ3n) is 4.07. The van der Waals surface area contributed by atoms with Gasteiger partial charge < -0.3 is 4.74 Å². The van der Waals surface area contributed by atoms with E-state index >= 15 is 0 Å². The second-order valence-electron chi connectivity index (χ2n) is 6.01. The fraction of sp³-hybridized carbons (Fsp3) is 0.333. The zero-order valence-corrected chi connectivity index (χ0v) is 14.4. The number of rotatable bonds is 8. The summed E-state index contributed by atoms with van der Waals surface area (Å²) in [4.78, 5) is 23.5. The van der Waals surface area contributed by atoms with Gasteiger partial charge in [-0.15, -0.1) is 0 Å². The first-order valence-electron chi connectivity index (χ1n) is 8.44. The molecule has 0 atom stereocenters. The molecule has 2 aromatic rings. The summed E-state index contributed by atoms with van der Waals surface area (Å²) in [7, 11) is 0. The average Bonchev–Trinajstić information content (AvgIpc) is 2.59. The topological polar surface area (TPSA) is 43.4 Å². The summed E-state index contributed by atoms with van der Waals surface area (Å²) >= 11 is 0. The van der Waals surface area contributed by atoms with Crippen LogP contribution >= 0.6 is 0 Å². The van der Waals surface area contributed by atoms with Crippen molar-refractivity contribution in [2.75, 3.05) is 6.61 Å². The number of Topliss-reactive ketones (excluding diaryl/α,β-unsaturated/α-hetero) is 1. The highest BCUT2D eigenvalue weighted by atomic mass is 16.5. The zero-order chi connectivity index (χ0) is 17.5. The van der Waals surface area contributed by atoms with Crippen molar-refractivity contribution in [3.8, 4) is 0 Å². The summed E-state index contributed by atoms with van der Waals surface area (Å²) in [5.74, 6) is -0.330. The maximum absolute atomic E-state index is 12.1. The predicted octanol–water partition coefficient (Wildman–Crippen LogP) is 5.18. The van der Waals surface area contributed by atoms with Crippen molar-refractivity contribution in [2.45, 2.75) is 39.5 Å². The molecule has 126 valence electrons. The maximum Gasteiger partial charge on any atom is 0.338 e. The van der Waals surface area contributed by atoms with Crippen molar-refractivity contribution in [3.63, 3.8) is 0 Å². The molecule has 0 amide bonds. The lowest BCUT2D eigenvalue weighted by atomic mass is 10.00. The molecule has 0 spiro atoms. The average molecular weight is 324 g/mol. The van der Waals surface area contributed by atoms with Crippen LogP contribution in [0.15, 0.2) is 43.0 Å². The van der Waals surface area contributed by atoms with Crippen molar-refractivity contribution >= 4 is 28.1 Å². The predicted molar refractivity (Wildman–Crippen MR) is 98.1 cm³/mol. The Balaban J connectivity index is 2.05. The maximum atomic E-state index is 12.1. The normalized spacial score (nSPS) is 10.6. The molecule has 3 heteroatoms. The molecule has 0 bridgehead atoms. The molecule has 0 N–H and O–H groups in total. The second-order valence-corrected chi connectivity index (χ2v) is 6.01. The molecule has 0 radical (unpaired) electrons. The van der Waals surface area contributed by atoms with E-state index in [2.05, 4.69) is 13.5 Å². The van der Waals surface area contributed by atoms with Crippen LogP contribution in [0, 0.1) is 0 Å². The number of benzene rings is 2. The Morgan fingerprint density at radius 1 is 0.958 bits per heavy atom. The zero-order valence-electron chi connectivity index (χ0n) is 14.4. The number of hydrogen-bond acceptors (Lipinski definition) is 3. The largest absolute Gasteiger partial charge is 0.462 e. The van der Waals surface area contributed by atoms with E-state index in [9.17, 15) is 9.59 Å². The summed E-state index contributed by atoms with van der Waals surface area (Å²) in [6.07, 6.45) is 4.28. The van der Waals surface area contributed by atoms with Crippen molar-refractivity contribution in [3.05, 3.63) is 54.1 Å². The molecule has 0 aliphatic rings. The smallest absolute Gasteiger partial charge is 0.338 e. The van der Waals surface area contributed by atoms with Gasteiger partial charge in [-0.2, -0.15) is 0 Å². The Hall–Kier alpha value is -2.42. The molecule has 0 aliphatic heterocycles. The molecule has 0 saturated carbocycles. The first-order chi connectivity index (χ1) is 11.5. The van der Waals surface area contributed by atoms with Crippen LogP contribution in [-0.4, -0.2) is 18.4 Å². The van der Waals surface area contributed by atoms with E-state index in [4.69, 9.17) is 4.74 Å². The van der Waals surface area contributed by atoms with Crippen LogP contribution in [0.2, 0.25) is 0 Å². The number of ether oxygens (including phenoxy) is 1. The Bertz CT molecular complexity index is 759. The standard InChI is InChI=1S/C21H24O3/c1-4-5-6-7-12-24-21(23)15(2)17-8-10-20-14-18(16(3)22)9-11-19(20)13-17/h8-11,13-14H,2,4-7,12H2,1,3H3. The van der Waals surface area contributed by atoms with Crippen molar-refractivity contribution in [2.24, 2.45) is 0 Å². The van der Waals surface area contributed by atoms with Crippen LogP contribution in [0.25, 0.3) is 16.3 Å². The minimum Gasteiger partial charge on any atom is -0.462 e. The number of esters is 1. The lowest BCUT2D eigenvalue weighted by Crippen LogP contribution is -2.07. The summed E-state index contributed by atoms with van der Waals surface area (Å²) in [6, 6.07) is 11.2. The highest BCUT2D eigenvalue weighted by Crippen LogP contribution is 2.22. The number of carbonyl (C=O) groups is 2. The molecule has 2 rings (SSSR count). The summed E-state index contributed by atoms with van der Waals surface area (Å²) in [5.41, 5.74) is 1.79. The number of carbonyl (C=O) groups excluding carboxylic acids is 2. The molecule has 3 nitrogen and oxygen atoms in total. The fourth-order valence-corrected chi connectivity index (χ4v) is 2.55. The molecule has 0 heterocycles. The molecule has 0 aliphatic carbocycles. The van der Waals surface area contributed by atoms with E-state index in [1.54, 1.807) is 13.0 Å². The fourth-order valence-electron chi connectivity index (χ4n) is 2.55. The molecule has 0 aromatic heterocycles. The van der Waals surface area contributed by atoms with E-state index in [1.165, 1.54) is 0 Å². The van der Waals surface area contributed by atoms with Gasteiger partial charge in [0.1, 0.15) is 0 Å². The van der Waals surface area contributed by atoms with Gasteiger partial charge in [0.05, 0.1) is 12.2 Å².